The second-order valence-corrected chi connectivity index (χ2v) is 4.85. The minimum atomic E-state index is 0.593. The Kier molecular flexibility index (Phi) is 3.32. The molecule has 0 amide bonds. The first-order valence-electron chi connectivity index (χ1n) is 5.99. The van der Waals surface area contributed by atoms with E-state index in [2.05, 4.69) is 42.1 Å². The van der Waals surface area contributed by atoms with Crippen LogP contribution in [0, 0.1) is 0 Å². The van der Waals surface area contributed by atoms with Crippen LogP contribution in [0.3, 0.4) is 0 Å². The predicted octanol–water partition coefficient (Wildman–Crippen LogP) is 2.05. The number of rotatable bonds is 5. The molecule has 3 aromatic heterocycles. The molecule has 3 aromatic rings. The molecular formula is C11H13N7S. The van der Waals surface area contributed by atoms with Crippen LogP contribution in [0.1, 0.15) is 13.3 Å². The van der Waals surface area contributed by atoms with Gasteiger partial charge in [0.1, 0.15) is 10.5 Å². The molecule has 8 heteroatoms. The lowest BCUT2D eigenvalue weighted by molar-refractivity contribution is 0.942. The lowest BCUT2D eigenvalue weighted by atomic mass is 10.5. The van der Waals surface area contributed by atoms with Gasteiger partial charge in [-0.25, -0.2) is 15.0 Å². The second kappa shape index (κ2) is 5.27. The molecule has 19 heavy (non-hydrogen) atoms. The van der Waals surface area contributed by atoms with E-state index in [0.29, 0.717) is 11.6 Å². The van der Waals surface area contributed by atoms with Gasteiger partial charge in [0.15, 0.2) is 10.8 Å². The summed E-state index contributed by atoms with van der Waals surface area (Å²) in [7, 11) is 0. The van der Waals surface area contributed by atoms with Gasteiger partial charge in [-0.2, -0.15) is 4.98 Å². The largest absolute Gasteiger partial charge is 0.354 e. The van der Waals surface area contributed by atoms with Gasteiger partial charge in [-0.3, -0.25) is 0 Å². The third-order valence-corrected chi connectivity index (χ3v) is 3.36. The van der Waals surface area contributed by atoms with Crippen LogP contribution in [0.2, 0.25) is 0 Å². The van der Waals surface area contributed by atoms with Gasteiger partial charge in [-0.15, -0.1) is 0 Å². The summed E-state index contributed by atoms with van der Waals surface area (Å²) >= 11 is 1.45. The minimum absolute atomic E-state index is 0.593. The number of fused-ring (bicyclic) bond motifs is 1. The van der Waals surface area contributed by atoms with Gasteiger partial charge in [-0.1, -0.05) is 6.92 Å². The van der Waals surface area contributed by atoms with E-state index >= 15 is 0 Å². The Bertz CT molecular complexity index is 661. The van der Waals surface area contributed by atoms with Crippen molar-refractivity contribution in [3.8, 4) is 0 Å². The Labute approximate surface area is 113 Å². The summed E-state index contributed by atoms with van der Waals surface area (Å²) < 4.78 is 0. The van der Waals surface area contributed by atoms with E-state index in [0.717, 1.165) is 28.7 Å². The van der Waals surface area contributed by atoms with Crippen molar-refractivity contribution in [2.75, 3.05) is 11.9 Å². The van der Waals surface area contributed by atoms with E-state index in [9.17, 15) is 0 Å². The first-order valence-corrected chi connectivity index (χ1v) is 6.80. The van der Waals surface area contributed by atoms with Crippen molar-refractivity contribution in [2.45, 2.75) is 23.5 Å². The summed E-state index contributed by atoms with van der Waals surface area (Å²) in [5, 5.41) is 4.77. The van der Waals surface area contributed by atoms with Crippen molar-refractivity contribution in [1.29, 1.82) is 0 Å². The molecule has 0 aromatic carbocycles. The number of anilines is 1. The van der Waals surface area contributed by atoms with Crippen LogP contribution >= 0.6 is 11.8 Å². The van der Waals surface area contributed by atoms with Gasteiger partial charge in [0, 0.05) is 18.9 Å². The molecule has 0 atom stereocenters. The van der Waals surface area contributed by atoms with Gasteiger partial charge < -0.3 is 15.3 Å². The van der Waals surface area contributed by atoms with E-state index in [-0.39, 0.29) is 0 Å². The third-order valence-electron chi connectivity index (χ3n) is 2.45. The first kappa shape index (κ1) is 12.0. The lowest BCUT2D eigenvalue weighted by Crippen LogP contribution is -2.05. The Balaban J connectivity index is 1.97. The summed E-state index contributed by atoms with van der Waals surface area (Å²) in [6.07, 6.45) is 6.13. The van der Waals surface area contributed by atoms with E-state index in [1.165, 1.54) is 11.8 Å². The molecule has 0 unspecified atom stereocenters. The SMILES string of the molecule is CCCNc1nc(Sc2ncc[nH]2)c2[nH]cnc2n1. The Hall–Kier alpha value is -2.09. The molecule has 98 valence electrons. The van der Waals surface area contributed by atoms with Crippen LogP contribution < -0.4 is 5.32 Å². The predicted molar refractivity (Wildman–Crippen MR) is 73.2 cm³/mol. The Morgan fingerprint density at radius 1 is 1.26 bits per heavy atom. The summed E-state index contributed by atoms with van der Waals surface area (Å²) in [5.74, 6) is 0.593. The molecule has 0 radical (unpaired) electrons. The smallest absolute Gasteiger partial charge is 0.225 e. The summed E-state index contributed by atoms with van der Waals surface area (Å²) in [5.41, 5.74) is 1.48. The van der Waals surface area contributed by atoms with Crippen molar-refractivity contribution in [3.63, 3.8) is 0 Å². The molecule has 0 bridgehead atoms. The highest BCUT2D eigenvalue weighted by Gasteiger charge is 2.12. The topological polar surface area (TPSA) is 95.2 Å². The lowest BCUT2D eigenvalue weighted by Gasteiger charge is -2.05. The zero-order valence-corrected chi connectivity index (χ0v) is 11.2. The molecule has 0 saturated carbocycles. The average molecular weight is 275 g/mol. The Morgan fingerprint density at radius 3 is 3.00 bits per heavy atom. The van der Waals surface area contributed by atoms with Gasteiger partial charge in [0.05, 0.1) is 6.33 Å². The molecule has 0 spiro atoms. The standard InChI is InChI=1S/C11H13N7S/c1-2-3-12-10-17-8-7(15-6-16-8)9(18-10)19-11-13-4-5-14-11/h4-6H,2-3H2,1H3,(H,13,14)(H2,12,15,16,17,18). The summed E-state index contributed by atoms with van der Waals surface area (Å²) in [4.78, 5) is 23.3. The van der Waals surface area contributed by atoms with Crippen LogP contribution in [0.4, 0.5) is 5.95 Å². The highest BCUT2D eigenvalue weighted by molar-refractivity contribution is 7.99. The first-order chi connectivity index (χ1) is 9.36. The fraction of sp³-hybridized carbons (Fsp3) is 0.273. The van der Waals surface area contributed by atoms with Crippen molar-refractivity contribution in [1.82, 2.24) is 29.9 Å². The normalized spacial score (nSPS) is 11.0. The highest BCUT2D eigenvalue weighted by Crippen LogP contribution is 2.28. The maximum atomic E-state index is 4.50. The zero-order chi connectivity index (χ0) is 13.1. The van der Waals surface area contributed by atoms with Gasteiger partial charge in [-0.05, 0) is 18.2 Å². The van der Waals surface area contributed by atoms with Crippen molar-refractivity contribution >= 4 is 28.9 Å². The van der Waals surface area contributed by atoms with Crippen molar-refractivity contribution < 1.29 is 0 Å². The number of H-pyrrole nitrogens is 2. The van der Waals surface area contributed by atoms with Crippen LogP contribution in [0.25, 0.3) is 11.2 Å². The second-order valence-electron chi connectivity index (χ2n) is 3.88. The molecule has 3 heterocycles. The van der Waals surface area contributed by atoms with Crippen molar-refractivity contribution in [2.24, 2.45) is 0 Å². The number of imidazole rings is 2. The van der Waals surface area contributed by atoms with Crippen LogP contribution in [0.5, 0.6) is 0 Å². The monoisotopic (exact) mass is 275 g/mol. The fourth-order valence-corrected chi connectivity index (χ4v) is 2.40. The van der Waals surface area contributed by atoms with E-state index in [1.807, 2.05) is 0 Å². The number of hydrogen-bond donors (Lipinski definition) is 3. The maximum Gasteiger partial charge on any atom is 0.225 e. The quantitative estimate of drug-likeness (QED) is 0.617. The molecule has 0 aliphatic rings. The fourth-order valence-electron chi connectivity index (χ4n) is 1.59. The highest BCUT2D eigenvalue weighted by atomic mass is 32.2. The number of aromatic amines is 2. The molecule has 7 nitrogen and oxygen atoms in total. The molecule has 0 fully saturated rings. The van der Waals surface area contributed by atoms with Gasteiger partial charge in [0.25, 0.3) is 0 Å². The van der Waals surface area contributed by atoms with Crippen LogP contribution in [-0.4, -0.2) is 36.4 Å². The third kappa shape index (κ3) is 2.53. The van der Waals surface area contributed by atoms with Crippen molar-refractivity contribution in [3.05, 3.63) is 18.7 Å². The van der Waals surface area contributed by atoms with Gasteiger partial charge in [0.2, 0.25) is 5.95 Å². The molecule has 0 saturated heterocycles. The zero-order valence-electron chi connectivity index (χ0n) is 10.3. The maximum absolute atomic E-state index is 4.50. The minimum Gasteiger partial charge on any atom is -0.354 e. The summed E-state index contributed by atoms with van der Waals surface area (Å²) in [6.45, 7) is 2.93. The molecule has 0 aliphatic carbocycles. The van der Waals surface area contributed by atoms with Gasteiger partial charge >= 0.3 is 0 Å². The van der Waals surface area contributed by atoms with E-state index in [4.69, 9.17) is 0 Å². The Morgan fingerprint density at radius 2 is 2.21 bits per heavy atom. The van der Waals surface area contributed by atoms with E-state index in [1.54, 1.807) is 18.7 Å². The number of nitrogens with one attached hydrogen (secondary N) is 3. The molecule has 0 aliphatic heterocycles. The number of nitrogens with zero attached hydrogens (tertiary/aromatic N) is 4. The number of hydrogen-bond acceptors (Lipinski definition) is 6. The molecule has 3 rings (SSSR count). The summed E-state index contributed by atoms with van der Waals surface area (Å²) in [6, 6.07) is 0. The average Bonchev–Trinajstić information content (AvgIpc) is 3.06. The molecular weight excluding hydrogens is 262 g/mol. The van der Waals surface area contributed by atoms with E-state index < -0.39 is 0 Å². The van der Waals surface area contributed by atoms with Crippen LogP contribution in [-0.2, 0) is 0 Å². The number of aromatic nitrogens is 6. The van der Waals surface area contributed by atoms with Crippen LogP contribution in [0.15, 0.2) is 28.9 Å². The molecule has 3 N–H and O–H groups in total.